The van der Waals surface area contributed by atoms with Gasteiger partial charge in [-0.1, -0.05) is 25.5 Å². The highest BCUT2D eigenvalue weighted by molar-refractivity contribution is 5.87. The number of amides is 1. The molecule has 1 atom stereocenters. The van der Waals surface area contributed by atoms with Crippen LogP contribution in [0.4, 0.5) is 0 Å². The van der Waals surface area contributed by atoms with Gasteiger partial charge in [0.15, 0.2) is 0 Å². The van der Waals surface area contributed by atoms with Crippen LogP contribution in [-0.4, -0.2) is 42.7 Å². The molecule has 1 aromatic heterocycles. The van der Waals surface area contributed by atoms with Crippen LogP contribution in [0.5, 0.6) is 0 Å². The van der Waals surface area contributed by atoms with Crippen molar-refractivity contribution in [3.8, 4) is 5.69 Å². The van der Waals surface area contributed by atoms with Crippen LogP contribution in [0.15, 0.2) is 30.6 Å². The Morgan fingerprint density at radius 3 is 2.52 bits per heavy atom. The van der Waals surface area contributed by atoms with Crippen LogP contribution in [0, 0.1) is 0 Å². The van der Waals surface area contributed by atoms with Crippen molar-refractivity contribution in [3.05, 3.63) is 36.2 Å². The maximum Gasteiger partial charge on any atom is 0.329 e. The summed E-state index contributed by atoms with van der Waals surface area (Å²) in [5.41, 5.74) is 0.321. The molecule has 1 aromatic carbocycles. The van der Waals surface area contributed by atoms with Gasteiger partial charge in [0.1, 0.15) is 11.9 Å². The van der Waals surface area contributed by atoms with Crippen molar-refractivity contribution in [2.75, 3.05) is 0 Å². The second-order valence-corrected chi connectivity index (χ2v) is 5.53. The second-order valence-electron chi connectivity index (χ2n) is 5.53. The van der Waals surface area contributed by atoms with Gasteiger partial charge < -0.3 is 10.4 Å². The minimum atomic E-state index is -1.24. The zero-order chi connectivity index (χ0) is 16.9. The Morgan fingerprint density at radius 1 is 1.30 bits per heavy atom. The third-order valence-electron chi connectivity index (χ3n) is 3.55. The number of aliphatic carboxylic acids is 1. The van der Waals surface area contributed by atoms with Gasteiger partial charge >= 0.3 is 5.97 Å². The van der Waals surface area contributed by atoms with Crippen molar-refractivity contribution in [3.63, 3.8) is 0 Å². The number of carbonyl (C=O) groups is 2. The third-order valence-corrected chi connectivity index (χ3v) is 3.55. The molecule has 2 aromatic rings. The average molecular weight is 317 g/mol. The zero-order valence-electron chi connectivity index (χ0n) is 13.1. The normalized spacial score (nSPS) is 13.3. The topological polar surface area (TPSA) is 110 Å². The Morgan fingerprint density at radius 2 is 2.00 bits per heavy atom. The van der Waals surface area contributed by atoms with E-state index in [9.17, 15) is 14.7 Å². The van der Waals surface area contributed by atoms with Crippen LogP contribution in [-0.2, 0) is 16.0 Å². The molecule has 1 heterocycles. The van der Waals surface area contributed by atoms with Crippen molar-refractivity contribution < 1.29 is 14.7 Å². The molecule has 2 rings (SSSR count). The lowest BCUT2D eigenvalue weighted by molar-refractivity contribution is -0.147. The van der Waals surface area contributed by atoms with Gasteiger partial charge in [-0.3, -0.25) is 4.79 Å². The Bertz CT molecular complexity index is 669. The van der Waals surface area contributed by atoms with Crippen molar-refractivity contribution in [2.45, 2.75) is 38.6 Å². The molecule has 1 unspecified atom stereocenters. The first-order valence-electron chi connectivity index (χ1n) is 7.31. The van der Waals surface area contributed by atoms with Crippen molar-refractivity contribution >= 4 is 11.9 Å². The summed E-state index contributed by atoms with van der Waals surface area (Å²) in [6, 6.07) is 7.16. The van der Waals surface area contributed by atoms with Gasteiger partial charge in [0, 0.05) is 0 Å². The monoisotopic (exact) mass is 317 g/mol. The number of hydrogen-bond donors (Lipinski definition) is 2. The van der Waals surface area contributed by atoms with E-state index in [1.54, 1.807) is 24.3 Å². The Kier molecular flexibility index (Phi) is 5.05. The lowest BCUT2D eigenvalue weighted by Crippen LogP contribution is -2.52. The quantitative estimate of drug-likeness (QED) is 0.787. The van der Waals surface area contributed by atoms with Gasteiger partial charge in [-0.2, -0.15) is 0 Å². The molecule has 0 spiro atoms. The average Bonchev–Trinajstić information content (AvgIpc) is 3.02. The first kappa shape index (κ1) is 16.6. The summed E-state index contributed by atoms with van der Waals surface area (Å²) in [6.07, 6.45) is 2.64. The van der Waals surface area contributed by atoms with Crippen molar-refractivity contribution in [2.24, 2.45) is 0 Å². The fourth-order valence-electron chi connectivity index (χ4n) is 2.31. The highest BCUT2D eigenvalue weighted by atomic mass is 16.4. The van der Waals surface area contributed by atoms with E-state index in [1.807, 2.05) is 6.92 Å². The molecule has 0 fully saturated rings. The van der Waals surface area contributed by atoms with E-state index in [0.717, 1.165) is 11.3 Å². The Hall–Kier alpha value is -2.77. The van der Waals surface area contributed by atoms with E-state index in [2.05, 4.69) is 20.8 Å². The highest BCUT2D eigenvalue weighted by Gasteiger charge is 2.33. The molecule has 23 heavy (non-hydrogen) atoms. The Labute approximate surface area is 133 Å². The van der Waals surface area contributed by atoms with Crippen LogP contribution in [0.1, 0.15) is 32.3 Å². The predicted octanol–water partition coefficient (Wildman–Crippen LogP) is 0.964. The number of carboxylic acid groups (broad SMARTS) is 1. The molecule has 8 nitrogen and oxygen atoms in total. The first-order valence-corrected chi connectivity index (χ1v) is 7.31. The lowest BCUT2D eigenvalue weighted by Gasteiger charge is -2.25. The number of nitrogens with zero attached hydrogens (tertiary/aromatic N) is 4. The van der Waals surface area contributed by atoms with Crippen LogP contribution in [0.3, 0.4) is 0 Å². The smallest absolute Gasteiger partial charge is 0.329 e. The largest absolute Gasteiger partial charge is 0.480 e. The van der Waals surface area contributed by atoms with E-state index in [1.165, 1.54) is 17.9 Å². The molecule has 0 aliphatic rings. The maximum atomic E-state index is 12.1. The minimum absolute atomic E-state index is 0.114. The van der Waals surface area contributed by atoms with Crippen LogP contribution < -0.4 is 5.32 Å². The van der Waals surface area contributed by atoms with E-state index in [4.69, 9.17) is 0 Å². The van der Waals surface area contributed by atoms with E-state index >= 15 is 0 Å². The molecule has 0 saturated heterocycles. The fraction of sp³-hybridized carbons (Fsp3) is 0.400. The van der Waals surface area contributed by atoms with Crippen LogP contribution in [0.2, 0.25) is 0 Å². The zero-order valence-corrected chi connectivity index (χ0v) is 13.1. The van der Waals surface area contributed by atoms with Gasteiger partial charge in [0.2, 0.25) is 5.91 Å². The molecule has 0 aliphatic carbocycles. The second kappa shape index (κ2) is 6.99. The summed E-state index contributed by atoms with van der Waals surface area (Å²) < 4.78 is 1.51. The third kappa shape index (κ3) is 4.12. The Balaban J connectivity index is 2.01. The number of rotatable bonds is 7. The molecule has 0 radical (unpaired) electrons. The fourth-order valence-corrected chi connectivity index (χ4v) is 2.31. The minimum Gasteiger partial charge on any atom is -0.480 e. The van der Waals surface area contributed by atoms with Gasteiger partial charge in [0.05, 0.1) is 12.1 Å². The highest BCUT2D eigenvalue weighted by Crippen LogP contribution is 2.14. The number of benzene rings is 1. The lowest BCUT2D eigenvalue weighted by atomic mass is 9.96. The predicted molar refractivity (Wildman–Crippen MR) is 81.9 cm³/mol. The van der Waals surface area contributed by atoms with Crippen LogP contribution >= 0.6 is 0 Å². The summed E-state index contributed by atoms with van der Waals surface area (Å²) in [4.78, 5) is 23.4. The number of tetrazole rings is 1. The molecule has 0 aliphatic heterocycles. The van der Waals surface area contributed by atoms with E-state index < -0.39 is 11.5 Å². The maximum absolute atomic E-state index is 12.1. The molecule has 0 bridgehead atoms. The molecule has 0 saturated carbocycles. The summed E-state index contributed by atoms with van der Waals surface area (Å²) >= 11 is 0. The summed E-state index contributed by atoms with van der Waals surface area (Å²) in [7, 11) is 0. The molecule has 1 amide bonds. The molecule has 8 heteroatoms. The SMILES string of the molecule is CCCC(C)(NC(=O)Cc1ccc(-n2cnnn2)cc1)C(=O)O. The number of carbonyl (C=O) groups excluding carboxylic acids is 1. The van der Waals surface area contributed by atoms with Gasteiger partial charge in [-0.15, -0.1) is 5.10 Å². The summed E-state index contributed by atoms with van der Waals surface area (Å²) in [5, 5.41) is 22.8. The number of carboxylic acids is 1. The number of nitrogens with one attached hydrogen (secondary N) is 1. The summed E-state index contributed by atoms with van der Waals surface area (Å²) in [6.45, 7) is 3.41. The number of aromatic nitrogens is 4. The van der Waals surface area contributed by atoms with Gasteiger partial charge in [0.25, 0.3) is 0 Å². The van der Waals surface area contributed by atoms with Crippen molar-refractivity contribution in [1.29, 1.82) is 0 Å². The van der Waals surface area contributed by atoms with Crippen molar-refractivity contribution in [1.82, 2.24) is 25.5 Å². The molecular weight excluding hydrogens is 298 g/mol. The molecular formula is C15H19N5O3. The van der Waals surface area contributed by atoms with Gasteiger partial charge in [-0.05, 0) is 41.5 Å². The van der Waals surface area contributed by atoms with Gasteiger partial charge in [-0.25, -0.2) is 9.48 Å². The molecule has 2 N–H and O–H groups in total. The first-order chi connectivity index (χ1) is 10.9. The summed E-state index contributed by atoms with van der Waals surface area (Å²) in [5.74, 6) is -1.35. The van der Waals surface area contributed by atoms with E-state index in [0.29, 0.717) is 12.8 Å². The van der Waals surface area contributed by atoms with E-state index in [-0.39, 0.29) is 12.3 Å². The van der Waals surface area contributed by atoms with Crippen LogP contribution in [0.25, 0.3) is 5.69 Å². The number of hydrogen-bond acceptors (Lipinski definition) is 5. The molecule has 122 valence electrons. The standard InChI is InChI=1S/C15H19N5O3/c1-3-8-15(2,14(22)23)17-13(21)9-11-4-6-12(7-5-11)20-10-16-18-19-20/h4-7,10H,3,8-9H2,1-2H3,(H,17,21)(H,22,23).